The number of nitrogens with two attached hydrogens (primary N) is 1. The van der Waals surface area contributed by atoms with Crippen LogP contribution in [-0.4, -0.2) is 6.10 Å². The van der Waals surface area contributed by atoms with Crippen molar-refractivity contribution in [2.45, 2.75) is 38.8 Å². The second-order valence-corrected chi connectivity index (χ2v) is 5.91. The first-order chi connectivity index (χ1) is 9.87. The molecule has 0 heterocycles. The molecule has 0 aliphatic carbocycles. The highest BCUT2D eigenvalue weighted by molar-refractivity contribution is 5.33. The van der Waals surface area contributed by atoms with Crippen LogP contribution in [0.3, 0.4) is 0 Å². The van der Waals surface area contributed by atoms with Gasteiger partial charge in [-0.2, -0.15) is 0 Å². The minimum Gasteiger partial charge on any atom is -0.491 e. The van der Waals surface area contributed by atoms with Gasteiger partial charge in [-0.1, -0.05) is 24.3 Å². The van der Waals surface area contributed by atoms with Crippen LogP contribution in [-0.2, 0) is 12.0 Å². The summed E-state index contributed by atoms with van der Waals surface area (Å²) >= 11 is 0. The Bertz CT molecular complexity index is 573. The van der Waals surface area contributed by atoms with E-state index in [9.17, 15) is 4.39 Å². The van der Waals surface area contributed by atoms with Crippen LogP contribution in [0.1, 0.15) is 31.9 Å². The third kappa shape index (κ3) is 4.30. The van der Waals surface area contributed by atoms with E-state index >= 15 is 0 Å². The molecule has 2 nitrogen and oxygen atoms in total. The molecule has 0 fully saturated rings. The SMILES string of the molecule is CC(C)Oc1ccc(C(C)(N)Cc2ccc(F)cc2)cc1. The summed E-state index contributed by atoms with van der Waals surface area (Å²) < 4.78 is 18.6. The van der Waals surface area contributed by atoms with Crippen molar-refractivity contribution in [1.82, 2.24) is 0 Å². The summed E-state index contributed by atoms with van der Waals surface area (Å²) in [6.45, 7) is 5.97. The third-order valence-corrected chi connectivity index (χ3v) is 3.37. The summed E-state index contributed by atoms with van der Waals surface area (Å²) in [4.78, 5) is 0. The van der Waals surface area contributed by atoms with E-state index in [-0.39, 0.29) is 11.9 Å². The highest BCUT2D eigenvalue weighted by atomic mass is 19.1. The maximum atomic E-state index is 12.9. The zero-order valence-corrected chi connectivity index (χ0v) is 12.8. The minimum absolute atomic E-state index is 0.152. The lowest BCUT2D eigenvalue weighted by molar-refractivity contribution is 0.242. The lowest BCUT2D eigenvalue weighted by atomic mass is 9.86. The first-order valence-electron chi connectivity index (χ1n) is 7.17. The molecule has 3 heteroatoms. The maximum Gasteiger partial charge on any atom is 0.123 e. The van der Waals surface area contributed by atoms with Crippen molar-refractivity contribution < 1.29 is 9.13 Å². The molecule has 0 bridgehead atoms. The third-order valence-electron chi connectivity index (χ3n) is 3.37. The average molecular weight is 287 g/mol. The van der Waals surface area contributed by atoms with Gasteiger partial charge in [0.1, 0.15) is 11.6 Å². The van der Waals surface area contributed by atoms with E-state index in [0.717, 1.165) is 16.9 Å². The Kier molecular flexibility index (Phi) is 4.63. The van der Waals surface area contributed by atoms with Crippen molar-refractivity contribution in [2.24, 2.45) is 5.73 Å². The summed E-state index contributed by atoms with van der Waals surface area (Å²) in [5, 5.41) is 0. The summed E-state index contributed by atoms with van der Waals surface area (Å²) in [5.41, 5.74) is 7.97. The van der Waals surface area contributed by atoms with Crippen molar-refractivity contribution >= 4 is 0 Å². The van der Waals surface area contributed by atoms with Crippen molar-refractivity contribution in [2.75, 3.05) is 0 Å². The standard InChI is InChI=1S/C18H22FNO/c1-13(2)21-17-10-6-15(7-11-17)18(3,20)12-14-4-8-16(19)9-5-14/h4-11,13H,12,20H2,1-3H3. The van der Waals surface area contributed by atoms with Crippen LogP contribution < -0.4 is 10.5 Å². The van der Waals surface area contributed by atoms with Crippen LogP contribution in [0, 0.1) is 5.82 Å². The van der Waals surface area contributed by atoms with Crippen molar-refractivity contribution in [1.29, 1.82) is 0 Å². The van der Waals surface area contributed by atoms with E-state index in [4.69, 9.17) is 10.5 Å². The Labute approximate surface area is 125 Å². The van der Waals surface area contributed by atoms with Crippen LogP contribution in [0.25, 0.3) is 0 Å². The average Bonchev–Trinajstić information content (AvgIpc) is 2.41. The molecule has 2 aromatic carbocycles. The maximum absolute atomic E-state index is 12.9. The van der Waals surface area contributed by atoms with Crippen LogP contribution in [0.2, 0.25) is 0 Å². The van der Waals surface area contributed by atoms with Crippen LogP contribution >= 0.6 is 0 Å². The topological polar surface area (TPSA) is 35.2 Å². The highest BCUT2D eigenvalue weighted by Crippen LogP contribution is 2.25. The summed E-state index contributed by atoms with van der Waals surface area (Å²) in [6.07, 6.45) is 0.803. The largest absolute Gasteiger partial charge is 0.491 e. The molecular formula is C18H22FNO. The van der Waals surface area contributed by atoms with Gasteiger partial charge in [0.05, 0.1) is 6.10 Å². The molecule has 2 N–H and O–H groups in total. The second-order valence-electron chi connectivity index (χ2n) is 5.91. The monoisotopic (exact) mass is 287 g/mol. The molecule has 0 spiro atoms. The Morgan fingerprint density at radius 3 is 2.14 bits per heavy atom. The Morgan fingerprint density at radius 1 is 1.05 bits per heavy atom. The summed E-state index contributed by atoms with van der Waals surface area (Å²) in [7, 11) is 0. The highest BCUT2D eigenvalue weighted by Gasteiger charge is 2.21. The van der Waals surface area contributed by atoms with Gasteiger partial charge in [-0.05, 0) is 62.6 Å². The fourth-order valence-electron chi connectivity index (χ4n) is 2.31. The van der Waals surface area contributed by atoms with Crippen LogP contribution in [0.5, 0.6) is 5.75 Å². The molecule has 21 heavy (non-hydrogen) atoms. The van der Waals surface area contributed by atoms with Gasteiger partial charge in [0.25, 0.3) is 0 Å². The molecule has 0 aliphatic heterocycles. The van der Waals surface area contributed by atoms with Gasteiger partial charge >= 0.3 is 0 Å². The zero-order valence-electron chi connectivity index (χ0n) is 12.8. The van der Waals surface area contributed by atoms with Crippen LogP contribution in [0.15, 0.2) is 48.5 Å². The molecule has 0 saturated heterocycles. The second kappa shape index (κ2) is 6.27. The first-order valence-corrected chi connectivity index (χ1v) is 7.17. The quantitative estimate of drug-likeness (QED) is 0.901. The first kappa shape index (κ1) is 15.5. The summed E-state index contributed by atoms with van der Waals surface area (Å²) in [5.74, 6) is 0.610. The molecule has 0 radical (unpaired) electrons. The van der Waals surface area contributed by atoms with Gasteiger partial charge in [0.2, 0.25) is 0 Å². The van der Waals surface area contributed by atoms with Gasteiger partial charge in [0, 0.05) is 5.54 Å². The van der Waals surface area contributed by atoms with Crippen LogP contribution in [0.4, 0.5) is 4.39 Å². The van der Waals surface area contributed by atoms with Gasteiger partial charge in [-0.3, -0.25) is 0 Å². The molecular weight excluding hydrogens is 265 g/mol. The number of hydrogen-bond acceptors (Lipinski definition) is 2. The molecule has 1 atom stereocenters. The van der Waals surface area contributed by atoms with Crippen molar-refractivity contribution in [3.05, 3.63) is 65.5 Å². The molecule has 112 valence electrons. The van der Waals surface area contributed by atoms with Crippen molar-refractivity contribution in [3.8, 4) is 5.75 Å². The lowest BCUT2D eigenvalue weighted by Gasteiger charge is -2.26. The van der Waals surface area contributed by atoms with E-state index in [0.29, 0.717) is 6.42 Å². The normalized spacial score (nSPS) is 14.0. The van der Waals surface area contributed by atoms with E-state index in [1.165, 1.54) is 12.1 Å². The fraction of sp³-hybridized carbons (Fsp3) is 0.333. The molecule has 0 amide bonds. The molecule has 0 aromatic heterocycles. The smallest absolute Gasteiger partial charge is 0.123 e. The molecule has 0 saturated carbocycles. The number of benzene rings is 2. The molecule has 1 unspecified atom stereocenters. The Morgan fingerprint density at radius 2 is 1.62 bits per heavy atom. The van der Waals surface area contributed by atoms with Gasteiger partial charge in [-0.25, -0.2) is 4.39 Å². The minimum atomic E-state index is -0.506. The lowest BCUT2D eigenvalue weighted by Crippen LogP contribution is -2.35. The Balaban J connectivity index is 2.13. The molecule has 2 aromatic rings. The van der Waals surface area contributed by atoms with Crippen molar-refractivity contribution in [3.63, 3.8) is 0 Å². The van der Waals surface area contributed by atoms with Gasteiger partial charge in [0.15, 0.2) is 0 Å². The zero-order chi connectivity index (χ0) is 15.5. The Hall–Kier alpha value is -1.87. The number of ether oxygens (including phenoxy) is 1. The fourth-order valence-corrected chi connectivity index (χ4v) is 2.31. The predicted molar refractivity (Wildman–Crippen MR) is 83.8 cm³/mol. The number of rotatable bonds is 5. The van der Waals surface area contributed by atoms with Gasteiger partial charge in [-0.15, -0.1) is 0 Å². The van der Waals surface area contributed by atoms with Gasteiger partial charge < -0.3 is 10.5 Å². The van der Waals surface area contributed by atoms with E-state index in [1.54, 1.807) is 12.1 Å². The number of halogens is 1. The summed E-state index contributed by atoms with van der Waals surface area (Å²) in [6, 6.07) is 14.3. The number of hydrogen-bond donors (Lipinski definition) is 1. The predicted octanol–water partition coefficient (Wildman–Crippen LogP) is 4.03. The van der Waals surface area contributed by atoms with E-state index < -0.39 is 5.54 Å². The molecule has 2 rings (SSSR count). The molecule has 0 aliphatic rings. The van der Waals surface area contributed by atoms with E-state index in [1.807, 2.05) is 45.0 Å². The van der Waals surface area contributed by atoms with E-state index in [2.05, 4.69) is 0 Å².